The molecule has 0 amide bonds. The lowest BCUT2D eigenvalue weighted by Gasteiger charge is -2.12. The van der Waals surface area contributed by atoms with Crippen molar-refractivity contribution in [3.05, 3.63) is 36.4 Å². The minimum absolute atomic E-state index is 0.0786. The van der Waals surface area contributed by atoms with E-state index in [9.17, 15) is 9.67 Å². The van der Waals surface area contributed by atoms with E-state index in [4.69, 9.17) is 9.79 Å². The molecule has 0 radical (unpaired) electrons. The highest BCUT2D eigenvalue weighted by Crippen LogP contribution is 2.36. The number of phenols is 1. The van der Waals surface area contributed by atoms with E-state index in [1.807, 2.05) is 24.3 Å². The highest BCUT2D eigenvalue weighted by atomic mass is 31.2. The minimum atomic E-state index is -4.45. The molecule has 0 aliphatic rings. The van der Waals surface area contributed by atoms with E-state index in [0.717, 1.165) is 10.8 Å². The number of benzene rings is 2. The number of nitrogens with one attached hydrogen (secondary N) is 1. The first-order valence-electron chi connectivity index (χ1n) is 5.62. The average Bonchev–Trinajstić information content (AvgIpc) is 2.35. The van der Waals surface area contributed by atoms with Gasteiger partial charge in [-0.1, -0.05) is 30.3 Å². The van der Waals surface area contributed by atoms with Crippen molar-refractivity contribution in [3.8, 4) is 5.75 Å². The van der Waals surface area contributed by atoms with Crippen LogP contribution in [0.15, 0.2) is 36.4 Å². The topological polar surface area (TPSA) is 99.0 Å². The van der Waals surface area contributed by atoms with E-state index in [0.29, 0.717) is 5.69 Å². The predicted octanol–water partition coefficient (Wildman–Crippen LogP) is 2.07. The van der Waals surface area contributed by atoms with Gasteiger partial charge in [0.15, 0.2) is 0 Å². The first-order valence-corrected chi connectivity index (χ1v) is 7.15. The first-order chi connectivity index (χ1) is 8.97. The molecule has 2 aromatic rings. The summed E-state index contributed by atoms with van der Waals surface area (Å²) >= 11 is 0. The minimum Gasteiger partial charge on any atom is -0.506 e. The average molecular weight is 283 g/mol. The molecule has 2 aromatic carbocycles. The Kier molecular flexibility index (Phi) is 4.07. The van der Waals surface area contributed by atoms with Gasteiger partial charge in [0.25, 0.3) is 0 Å². The number of phosphoric acid groups is 1. The molecule has 0 atom stereocenters. The van der Waals surface area contributed by atoms with Gasteiger partial charge in [0, 0.05) is 11.9 Å². The molecule has 0 unspecified atom stereocenters. The summed E-state index contributed by atoms with van der Waals surface area (Å²) in [5.41, 5.74) is 0.521. The number of hydrogen-bond acceptors (Lipinski definition) is 4. The number of aromatic hydroxyl groups is 1. The van der Waals surface area contributed by atoms with Gasteiger partial charge in [-0.2, -0.15) is 0 Å². The zero-order valence-corrected chi connectivity index (χ0v) is 10.9. The van der Waals surface area contributed by atoms with Crippen LogP contribution in [0.5, 0.6) is 5.75 Å². The molecule has 7 heteroatoms. The molecule has 0 saturated heterocycles. The quantitative estimate of drug-likeness (QED) is 0.381. The lowest BCUT2D eigenvalue weighted by molar-refractivity contribution is 0.204. The molecule has 0 heterocycles. The van der Waals surface area contributed by atoms with Gasteiger partial charge in [-0.3, -0.25) is 4.52 Å². The maximum Gasteiger partial charge on any atom is 0.469 e. The van der Waals surface area contributed by atoms with Crippen molar-refractivity contribution in [2.45, 2.75) is 0 Å². The van der Waals surface area contributed by atoms with Gasteiger partial charge < -0.3 is 20.2 Å². The summed E-state index contributed by atoms with van der Waals surface area (Å²) in [5.74, 6) is 0.0786. The third-order valence-electron chi connectivity index (χ3n) is 2.57. The lowest BCUT2D eigenvalue weighted by atomic mass is 10.1. The molecule has 0 aliphatic heterocycles. The fraction of sp³-hybridized carbons (Fsp3) is 0.167. The van der Waals surface area contributed by atoms with Gasteiger partial charge >= 0.3 is 7.82 Å². The van der Waals surface area contributed by atoms with Crippen LogP contribution in [0.25, 0.3) is 10.8 Å². The molecule has 4 N–H and O–H groups in total. The van der Waals surface area contributed by atoms with Crippen LogP contribution in [-0.4, -0.2) is 28.0 Å². The van der Waals surface area contributed by atoms with Crippen LogP contribution in [-0.2, 0) is 9.09 Å². The van der Waals surface area contributed by atoms with Crippen LogP contribution < -0.4 is 5.32 Å². The van der Waals surface area contributed by atoms with Gasteiger partial charge in [-0.05, 0) is 11.5 Å². The van der Waals surface area contributed by atoms with Crippen molar-refractivity contribution < 1.29 is 24.0 Å². The summed E-state index contributed by atoms with van der Waals surface area (Å²) in [6.07, 6.45) is 0. The Morgan fingerprint density at radius 1 is 1.16 bits per heavy atom. The van der Waals surface area contributed by atoms with Gasteiger partial charge in [0.05, 0.1) is 12.3 Å². The van der Waals surface area contributed by atoms with Crippen molar-refractivity contribution in [2.24, 2.45) is 0 Å². The highest BCUT2D eigenvalue weighted by Gasteiger charge is 2.13. The molecule has 0 fully saturated rings. The number of fused-ring (bicyclic) bond motifs is 1. The van der Waals surface area contributed by atoms with Crippen LogP contribution in [0.3, 0.4) is 0 Å². The Morgan fingerprint density at radius 2 is 1.89 bits per heavy atom. The lowest BCUT2D eigenvalue weighted by Crippen LogP contribution is -2.08. The highest BCUT2D eigenvalue weighted by molar-refractivity contribution is 7.46. The maximum atomic E-state index is 10.5. The molecule has 0 aromatic heterocycles. The van der Waals surface area contributed by atoms with Crippen LogP contribution in [0.2, 0.25) is 0 Å². The van der Waals surface area contributed by atoms with Crippen molar-refractivity contribution in [1.29, 1.82) is 0 Å². The van der Waals surface area contributed by atoms with E-state index in [1.165, 1.54) is 0 Å². The van der Waals surface area contributed by atoms with Gasteiger partial charge in [-0.15, -0.1) is 0 Å². The molecule has 0 saturated carbocycles. The Labute approximate surface area is 109 Å². The van der Waals surface area contributed by atoms with Gasteiger partial charge in [0.2, 0.25) is 0 Å². The third kappa shape index (κ3) is 3.68. The molecule has 0 spiro atoms. The van der Waals surface area contributed by atoms with Crippen molar-refractivity contribution >= 4 is 24.3 Å². The second kappa shape index (κ2) is 5.59. The molecule has 102 valence electrons. The molecular weight excluding hydrogens is 269 g/mol. The van der Waals surface area contributed by atoms with E-state index < -0.39 is 7.82 Å². The van der Waals surface area contributed by atoms with Crippen molar-refractivity contribution in [3.63, 3.8) is 0 Å². The second-order valence-electron chi connectivity index (χ2n) is 3.93. The number of anilines is 1. The zero-order valence-electron chi connectivity index (χ0n) is 9.98. The van der Waals surface area contributed by atoms with Gasteiger partial charge in [0.1, 0.15) is 5.75 Å². The number of hydrogen-bond donors (Lipinski definition) is 4. The Hall–Kier alpha value is -1.59. The SMILES string of the molecule is O=P(O)(O)OCCNc1c(O)ccc2ccccc12. The smallest absolute Gasteiger partial charge is 0.469 e. The van der Waals surface area contributed by atoms with Crippen LogP contribution in [0.1, 0.15) is 0 Å². The van der Waals surface area contributed by atoms with E-state index in [-0.39, 0.29) is 18.9 Å². The van der Waals surface area contributed by atoms with Crippen molar-refractivity contribution in [2.75, 3.05) is 18.5 Å². The fourth-order valence-corrected chi connectivity index (χ4v) is 2.12. The summed E-state index contributed by atoms with van der Waals surface area (Å²) in [6, 6.07) is 10.9. The van der Waals surface area contributed by atoms with E-state index >= 15 is 0 Å². The Morgan fingerprint density at radius 3 is 2.63 bits per heavy atom. The predicted molar refractivity (Wildman–Crippen MR) is 72.1 cm³/mol. The zero-order chi connectivity index (χ0) is 13.9. The van der Waals surface area contributed by atoms with E-state index in [2.05, 4.69) is 9.84 Å². The molecular formula is C12H14NO5P. The van der Waals surface area contributed by atoms with E-state index in [1.54, 1.807) is 12.1 Å². The molecule has 2 rings (SSSR count). The van der Waals surface area contributed by atoms with Crippen molar-refractivity contribution in [1.82, 2.24) is 0 Å². The summed E-state index contributed by atoms with van der Waals surface area (Å²) in [5, 5.41) is 14.5. The fourth-order valence-electron chi connectivity index (χ4n) is 1.79. The Bertz CT molecular complexity index is 625. The maximum absolute atomic E-state index is 10.5. The summed E-state index contributed by atoms with van der Waals surface area (Å²) in [4.78, 5) is 17.1. The van der Waals surface area contributed by atoms with Crippen LogP contribution in [0.4, 0.5) is 5.69 Å². The number of phenolic OH excluding ortho intramolecular Hbond substituents is 1. The normalized spacial score (nSPS) is 11.7. The summed E-state index contributed by atoms with van der Waals surface area (Å²) in [6.45, 7) is 0.0135. The molecule has 19 heavy (non-hydrogen) atoms. The van der Waals surface area contributed by atoms with Crippen LogP contribution >= 0.6 is 7.82 Å². The second-order valence-corrected chi connectivity index (χ2v) is 5.17. The largest absolute Gasteiger partial charge is 0.506 e. The van der Waals surface area contributed by atoms with Crippen LogP contribution in [0, 0.1) is 0 Å². The first kappa shape index (κ1) is 13.8. The summed E-state index contributed by atoms with van der Waals surface area (Å²) in [7, 11) is -4.45. The molecule has 0 bridgehead atoms. The number of rotatable bonds is 5. The third-order valence-corrected chi connectivity index (χ3v) is 3.09. The number of phosphoric ester groups is 1. The molecule has 0 aliphatic carbocycles. The van der Waals surface area contributed by atoms with Gasteiger partial charge in [-0.25, -0.2) is 4.57 Å². The monoisotopic (exact) mass is 283 g/mol. The Balaban J connectivity index is 2.12. The molecule has 6 nitrogen and oxygen atoms in total. The standard InChI is InChI=1S/C12H14NO5P/c14-11-6-5-9-3-1-2-4-10(9)12(11)13-7-8-18-19(15,16)17/h1-6,13-14H,7-8H2,(H2,15,16,17). The summed E-state index contributed by atoms with van der Waals surface area (Å²) < 4.78 is 14.8.